The van der Waals surface area contributed by atoms with Gasteiger partial charge >= 0.3 is 0 Å². The van der Waals surface area contributed by atoms with Gasteiger partial charge in [-0.25, -0.2) is 0 Å². The monoisotopic (exact) mass is 302 g/mol. The minimum atomic E-state index is 0.577. The van der Waals surface area contributed by atoms with Gasteiger partial charge in [-0.2, -0.15) is 0 Å². The second-order valence-corrected chi connectivity index (χ2v) is 5.50. The highest BCUT2D eigenvalue weighted by Crippen LogP contribution is 2.18. The van der Waals surface area contributed by atoms with Crippen LogP contribution in [0.4, 0.5) is 0 Å². The largest absolute Gasteiger partial charge is 0.419 e. The lowest BCUT2D eigenvalue weighted by molar-refractivity contribution is 0.0383. The lowest BCUT2D eigenvalue weighted by atomic mass is 10.1. The van der Waals surface area contributed by atoms with Crippen LogP contribution in [0.1, 0.15) is 11.5 Å². The molecular formula is C16H22N4O2. The smallest absolute Gasteiger partial charge is 0.247 e. The standard InChI is InChI=1S/C16H22N4O2/c1-13-3-2-4-14(11-13)16-19-18-15(22-16)12-17-5-6-20-7-9-21-10-8-20/h2-4,11,17H,5-10,12H2,1H3. The fourth-order valence-corrected chi connectivity index (χ4v) is 2.48. The molecule has 0 amide bonds. The molecule has 1 fully saturated rings. The Hall–Kier alpha value is -1.76. The maximum absolute atomic E-state index is 5.70. The van der Waals surface area contributed by atoms with E-state index < -0.39 is 0 Å². The number of benzene rings is 1. The maximum atomic E-state index is 5.70. The van der Waals surface area contributed by atoms with Gasteiger partial charge in [-0.05, 0) is 19.1 Å². The van der Waals surface area contributed by atoms with Crippen LogP contribution in [0.2, 0.25) is 0 Å². The number of hydrogen-bond donors (Lipinski definition) is 1. The van der Waals surface area contributed by atoms with Crippen molar-refractivity contribution in [3.63, 3.8) is 0 Å². The summed E-state index contributed by atoms with van der Waals surface area (Å²) in [4.78, 5) is 2.39. The molecule has 118 valence electrons. The van der Waals surface area contributed by atoms with Gasteiger partial charge < -0.3 is 14.5 Å². The Morgan fingerprint density at radius 1 is 1.23 bits per heavy atom. The molecule has 1 aliphatic rings. The summed E-state index contributed by atoms with van der Waals surface area (Å²) in [6.45, 7) is 8.27. The molecule has 0 saturated carbocycles. The van der Waals surface area contributed by atoms with Crippen LogP contribution in [0.5, 0.6) is 0 Å². The number of nitrogens with zero attached hydrogens (tertiary/aromatic N) is 3. The van der Waals surface area contributed by atoms with Crippen molar-refractivity contribution in [1.82, 2.24) is 20.4 Å². The van der Waals surface area contributed by atoms with Gasteiger partial charge in [0.1, 0.15) is 0 Å². The molecule has 1 aromatic carbocycles. The van der Waals surface area contributed by atoms with Crippen molar-refractivity contribution in [2.24, 2.45) is 0 Å². The molecule has 1 N–H and O–H groups in total. The van der Waals surface area contributed by atoms with Crippen LogP contribution in [0, 0.1) is 6.92 Å². The van der Waals surface area contributed by atoms with E-state index in [2.05, 4.69) is 20.4 Å². The van der Waals surface area contributed by atoms with Crippen molar-refractivity contribution in [2.75, 3.05) is 39.4 Å². The number of hydrogen-bond acceptors (Lipinski definition) is 6. The van der Waals surface area contributed by atoms with Crippen LogP contribution in [-0.4, -0.2) is 54.5 Å². The molecule has 0 aliphatic carbocycles. The summed E-state index contributed by atoms with van der Waals surface area (Å²) in [5.74, 6) is 1.20. The van der Waals surface area contributed by atoms with Crippen LogP contribution in [-0.2, 0) is 11.3 Å². The Morgan fingerprint density at radius 2 is 2.09 bits per heavy atom. The SMILES string of the molecule is Cc1cccc(-c2nnc(CNCCN3CCOCC3)o2)c1. The van der Waals surface area contributed by atoms with E-state index in [-0.39, 0.29) is 0 Å². The molecule has 3 rings (SSSR count). The predicted octanol–water partition coefficient (Wildman–Crippen LogP) is 1.47. The Balaban J connectivity index is 1.45. The highest BCUT2D eigenvalue weighted by atomic mass is 16.5. The minimum Gasteiger partial charge on any atom is -0.419 e. The highest BCUT2D eigenvalue weighted by molar-refractivity contribution is 5.53. The molecule has 6 nitrogen and oxygen atoms in total. The minimum absolute atomic E-state index is 0.577. The summed E-state index contributed by atoms with van der Waals surface area (Å²) in [5.41, 5.74) is 2.15. The summed E-state index contributed by atoms with van der Waals surface area (Å²) in [5, 5.41) is 11.6. The molecule has 1 saturated heterocycles. The van der Waals surface area contributed by atoms with Crippen molar-refractivity contribution in [3.8, 4) is 11.5 Å². The zero-order valence-corrected chi connectivity index (χ0v) is 12.9. The van der Waals surface area contributed by atoms with Crippen LogP contribution in [0.25, 0.3) is 11.5 Å². The van der Waals surface area contributed by atoms with Crippen LogP contribution < -0.4 is 5.32 Å². The van der Waals surface area contributed by atoms with E-state index in [4.69, 9.17) is 9.15 Å². The van der Waals surface area contributed by atoms with E-state index in [0.29, 0.717) is 18.3 Å². The molecule has 0 bridgehead atoms. The molecule has 6 heteroatoms. The molecule has 22 heavy (non-hydrogen) atoms. The van der Waals surface area contributed by atoms with Gasteiger partial charge in [0.2, 0.25) is 11.8 Å². The van der Waals surface area contributed by atoms with Crippen LogP contribution in [0.3, 0.4) is 0 Å². The van der Waals surface area contributed by atoms with E-state index in [1.807, 2.05) is 31.2 Å². The van der Waals surface area contributed by atoms with Crippen LogP contribution in [0.15, 0.2) is 28.7 Å². The van der Waals surface area contributed by atoms with Crippen molar-refractivity contribution in [1.29, 1.82) is 0 Å². The summed E-state index contributed by atoms with van der Waals surface area (Å²) in [6.07, 6.45) is 0. The lowest BCUT2D eigenvalue weighted by Gasteiger charge is -2.26. The van der Waals surface area contributed by atoms with Gasteiger partial charge in [-0.15, -0.1) is 10.2 Å². The first-order valence-electron chi connectivity index (χ1n) is 7.71. The first-order chi connectivity index (χ1) is 10.8. The van der Waals surface area contributed by atoms with E-state index in [9.17, 15) is 0 Å². The number of aryl methyl sites for hydroxylation is 1. The number of morpholine rings is 1. The fraction of sp³-hybridized carbons (Fsp3) is 0.500. The zero-order chi connectivity index (χ0) is 15.2. The van der Waals surface area contributed by atoms with Gasteiger partial charge in [0.15, 0.2) is 0 Å². The molecule has 0 atom stereocenters. The van der Waals surface area contributed by atoms with E-state index in [0.717, 1.165) is 45.0 Å². The summed E-state index contributed by atoms with van der Waals surface area (Å²) in [6, 6.07) is 8.07. The third kappa shape index (κ3) is 4.13. The Morgan fingerprint density at radius 3 is 2.91 bits per heavy atom. The second kappa shape index (κ2) is 7.49. The highest BCUT2D eigenvalue weighted by Gasteiger charge is 2.10. The number of rotatable bonds is 6. The average molecular weight is 302 g/mol. The third-order valence-corrected chi connectivity index (χ3v) is 3.72. The molecule has 1 aromatic heterocycles. The molecule has 0 spiro atoms. The quantitative estimate of drug-likeness (QED) is 0.815. The van der Waals surface area contributed by atoms with E-state index >= 15 is 0 Å². The van der Waals surface area contributed by atoms with Crippen LogP contribution >= 0.6 is 0 Å². The number of nitrogens with one attached hydrogen (secondary N) is 1. The Bertz CT molecular complexity index is 593. The first kappa shape index (κ1) is 15.1. The fourth-order valence-electron chi connectivity index (χ4n) is 2.48. The van der Waals surface area contributed by atoms with Gasteiger partial charge in [-0.3, -0.25) is 4.90 Å². The Kier molecular flexibility index (Phi) is 5.15. The van der Waals surface area contributed by atoms with Crippen molar-refractivity contribution in [2.45, 2.75) is 13.5 Å². The lowest BCUT2D eigenvalue weighted by Crippen LogP contribution is -2.40. The van der Waals surface area contributed by atoms with Gasteiger partial charge in [0, 0.05) is 31.7 Å². The number of aromatic nitrogens is 2. The Labute approximate surface area is 130 Å². The third-order valence-electron chi connectivity index (χ3n) is 3.72. The molecule has 0 radical (unpaired) electrons. The molecular weight excluding hydrogens is 280 g/mol. The van der Waals surface area contributed by atoms with Crippen molar-refractivity contribution >= 4 is 0 Å². The van der Waals surface area contributed by atoms with E-state index in [1.54, 1.807) is 0 Å². The summed E-state index contributed by atoms with van der Waals surface area (Å²) >= 11 is 0. The summed E-state index contributed by atoms with van der Waals surface area (Å²) < 4.78 is 11.0. The number of ether oxygens (including phenoxy) is 1. The van der Waals surface area contributed by atoms with Gasteiger partial charge in [-0.1, -0.05) is 17.7 Å². The zero-order valence-electron chi connectivity index (χ0n) is 12.9. The molecule has 0 unspecified atom stereocenters. The average Bonchev–Trinajstić information content (AvgIpc) is 3.02. The molecule has 1 aliphatic heterocycles. The maximum Gasteiger partial charge on any atom is 0.247 e. The first-order valence-corrected chi connectivity index (χ1v) is 7.71. The topological polar surface area (TPSA) is 63.4 Å². The normalized spacial score (nSPS) is 16.0. The van der Waals surface area contributed by atoms with Crippen molar-refractivity contribution < 1.29 is 9.15 Å². The van der Waals surface area contributed by atoms with Gasteiger partial charge in [0.25, 0.3) is 0 Å². The van der Waals surface area contributed by atoms with Crippen molar-refractivity contribution in [3.05, 3.63) is 35.7 Å². The van der Waals surface area contributed by atoms with E-state index in [1.165, 1.54) is 5.56 Å². The molecule has 2 aromatic rings. The molecule has 2 heterocycles. The second-order valence-electron chi connectivity index (χ2n) is 5.50. The summed E-state index contributed by atoms with van der Waals surface area (Å²) in [7, 11) is 0. The van der Waals surface area contributed by atoms with Gasteiger partial charge in [0.05, 0.1) is 19.8 Å². The predicted molar refractivity (Wildman–Crippen MR) is 83.4 cm³/mol.